The number of nitrogen functional groups attached to an aromatic ring is 1. The highest BCUT2D eigenvalue weighted by molar-refractivity contribution is 5.40. The highest BCUT2D eigenvalue weighted by atomic mass is 16.3. The van der Waals surface area contributed by atoms with E-state index in [9.17, 15) is 0 Å². The Bertz CT molecular complexity index is 437. The molecule has 0 saturated heterocycles. The molecule has 0 bridgehead atoms. The molecule has 0 radical (unpaired) electrons. The third-order valence-corrected chi connectivity index (χ3v) is 2.65. The first-order valence-corrected chi connectivity index (χ1v) is 5.92. The topological polar surface area (TPSA) is 51.2 Å². The highest BCUT2D eigenvalue weighted by Crippen LogP contribution is 2.08. The van der Waals surface area contributed by atoms with Gasteiger partial charge in [-0.05, 0) is 49.2 Å². The van der Waals surface area contributed by atoms with Gasteiger partial charge in [0.2, 0.25) is 0 Å². The molecule has 1 aromatic carbocycles. The van der Waals surface area contributed by atoms with E-state index in [1.54, 1.807) is 6.26 Å². The number of anilines is 1. The van der Waals surface area contributed by atoms with Gasteiger partial charge in [0.25, 0.3) is 0 Å². The average Bonchev–Trinajstić information content (AvgIpc) is 2.82. The Kier molecular flexibility index (Phi) is 4.22. The van der Waals surface area contributed by atoms with Crippen molar-refractivity contribution in [2.45, 2.75) is 19.4 Å². The second kappa shape index (κ2) is 6.11. The van der Waals surface area contributed by atoms with Gasteiger partial charge in [-0.3, -0.25) is 0 Å². The quantitative estimate of drug-likeness (QED) is 0.592. The van der Waals surface area contributed by atoms with Crippen LogP contribution < -0.4 is 11.1 Å². The number of rotatable bonds is 6. The molecule has 3 nitrogen and oxygen atoms in total. The molecule has 2 rings (SSSR count). The second-order valence-corrected chi connectivity index (χ2v) is 4.10. The van der Waals surface area contributed by atoms with Gasteiger partial charge in [0.1, 0.15) is 5.76 Å². The second-order valence-electron chi connectivity index (χ2n) is 4.10. The molecule has 0 atom stereocenters. The first kappa shape index (κ1) is 11.7. The summed E-state index contributed by atoms with van der Waals surface area (Å²) in [6.45, 7) is 1.78. The summed E-state index contributed by atoms with van der Waals surface area (Å²) in [5, 5.41) is 3.35. The summed E-state index contributed by atoms with van der Waals surface area (Å²) in [5.74, 6) is 0.981. The molecule has 17 heavy (non-hydrogen) atoms. The lowest BCUT2D eigenvalue weighted by Crippen LogP contribution is -2.14. The molecular weight excluding hydrogens is 212 g/mol. The summed E-state index contributed by atoms with van der Waals surface area (Å²) >= 11 is 0. The van der Waals surface area contributed by atoms with Gasteiger partial charge in [-0.25, -0.2) is 0 Å². The number of nitrogens with two attached hydrogens (primary N) is 1. The fourth-order valence-corrected chi connectivity index (χ4v) is 1.79. The van der Waals surface area contributed by atoms with E-state index in [1.165, 1.54) is 5.56 Å². The molecule has 0 aliphatic rings. The molecule has 0 aliphatic heterocycles. The monoisotopic (exact) mass is 230 g/mol. The van der Waals surface area contributed by atoms with E-state index in [0.717, 1.165) is 37.4 Å². The van der Waals surface area contributed by atoms with Gasteiger partial charge in [-0.15, -0.1) is 0 Å². The van der Waals surface area contributed by atoms with Crippen LogP contribution in [0, 0.1) is 0 Å². The van der Waals surface area contributed by atoms with Gasteiger partial charge in [0, 0.05) is 5.69 Å². The summed E-state index contributed by atoms with van der Waals surface area (Å²) in [5.41, 5.74) is 7.86. The van der Waals surface area contributed by atoms with Crippen LogP contribution in [0.1, 0.15) is 17.7 Å². The van der Waals surface area contributed by atoms with Crippen LogP contribution in [-0.2, 0) is 13.0 Å². The molecule has 0 spiro atoms. The summed E-state index contributed by atoms with van der Waals surface area (Å²) < 4.78 is 5.24. The van der Waals surface area contributed by atoms with Crippen LogP contribution in [0.3, 0.4) is 0 Å². The van der Waals surface area contributed by atoms with Crippen molar-refractivity contribution in [2.75, 3.05) is 12.3 Å². The number of aryl methyl sites for hydroxylation is 1. The Hall–Kier alpha value is -1.74. The van der Waals surface area contributed by atoms with E-state index in [-0.39, 0.29) is 0 Å². The molecule has 0 fully saturated rings. The van der Waals surface area contributed by atoms with Crippen LogP contribution in [0.4, 0.5) is 5.69 Å². The van der Waals surface area contributed by atoms with Crippen LogP contribution in [0.15, 0.2) is 47.1 Å². The fraction of sp³-hybridized carbons (Fsp3) is 0.286. The van der Waals surface area contributed by atoms with Crippen LogP contribution in [0.5, 0.6) is 0 Å². The third kappa shape index (κ3) is 3.96. The van der Waals surface area contributed by atoms with Crippen molar-refractivity contribution < 1.29 is 4.42 Å². The van der Waals surface area contributed by atoms with Gasteiger partial charge < -0.3 is 15.5 Å². The largest absolute Gasteiger partial charge is 0.468 e. The van der Waals surface area contributed by atoms with E-state index in [4.69, 9.17) is 10.2 Å². The SMILES string of the molecule is Nc1cccc(CCCNCc2ccco2)c1. The van der Waals surface area contributed by atoms with Gasteiger partial charge in [-0.2, -0.15) is 0 Å². The number of hydrogen-bond donors (Lipinski definition) is 2. The lowest BCUT2D eigenvalue weighted by Gasteiger charge is -2.04. The minimum atomic E-state index is 0.796. The van der Waals surface area contributed by atoms with E-state index >= 15 is 0 Å². The first-order valence-electron chi connectivity index (χ1n) is 5.92. The number of benzene rings is 1. The molecule has 2 aromatic rings. The van der Waals surface area contributed by atoms with E-state index in [2.05, 4.69) is 11.4 Å². The van der Waals surface area contributed by atoms with Crippen LogP contribution in [0.25, 0.3) is 0 Å². The zero-order valence-electron chi connectivity index (χ0n) is 9.86. The number of furan rings is 1. The minimum Gasteiger partial charge on any atom is -0.468 e. The summed E-state index contributed by atoms with van der Waals surface area (Å²) in [7, 11) is 0. The fourth-order valence-electron chi connectivity index (χ4n) is 1.79. The molecule has 0 amide bonds. The summed E-state index contributed by atoms with van der Waals surface area (Å²) in [4.78, 5) is 0. The van der Waals surface area contributed by atoms with Crippen molar-refractivity contribution in [2.24, 2.45) is 0 Å². The maximum Gasteiger partial charge on any atom is 0.117 e. The van der Waals surface area contributed by atoms with Gasteiger partial charge >= 0.3 is 0 Å². The summed E-state index contributed by atoms with van der Waals surface area (Å²) in [6.07, 6.45) is 3.85. The smallest absolute Gasteiger partial charge is 0.117 e. The Morgan fingerprint density at radius 3 is 2.88 bits per heavy atom. The number of hydrogen-bond acceptors (Lipinski definition) is 3. The van der Waals surface area contributed by atoms with Crippen molar-refractivity contribution in [1.29, 1.82) is 0 Å². The van der Waals surface area contributed by atoms with Crippen molar-refractivity contribution in [3.8, 4) is 0 Å². The zero-order valence-corrected chi connectivity index (χ0v) is 9.86. The van der Waals surface area contributed by atoms with Crippen LogP contribution in [0.2, 0.25) is 0 Å². The van der Waals surface area contributed by atoms with Gasteiger partial charge in [0.05, 0.1) is 12.8 Å². The maximum absolute atomic E-state index is 5.73. The van der Waals surface area contributed by atoms with Crippen molar-refractivity contribution in [3.05, 3.63) is 54.0 Å². The van der Waals surface area contributed by atoms with Crippen molar-refractivity contribution >= 4 is 5.69 Å². The molecule has 0 saturated carbocycles. The molecule has 3 N–H and O–H groups in total. The molecule has 90 valence electrons. The van der Waals surface area contributed by atoms with Gasteiger partial charge in [0.15, 0.2) is 0 Å². The molecule has 3 heteroatoms. The Morgan fingerprint density at radius 2 is 2.12 bits per heavy atom. The Labute approximate surface area is 102 Å². The predicted molar refractivity (Wildman–Crippen MR) is 69.6 cm³/mol. The average molecular weight is 230 g/mol. The molecule has 1 heterocycles. The lowest BCUT2D eigenvalue weighted by molar-refractivity contribution is 0.481. The molecular formula is C14H18N2O. The Balaban J connectivity index is 1.63. The van der Waals surface area contributed by atoms with Crippen LogP contribution in [-0.4, -0.2) is 6.54 Å². The first-order chi connectivity index (χ1) is 8.34. The predicted octanol–water partition coefficient (Wildman–Crippen LogP) is 2.58. The maximum atomic E-state index is 5.73. The lowest BCUT2D eigenvalue weighted by atomic mass is 10.1. The minimum absolute atomic E-state index is 0.796. The standard InChI is InChI=1S/C14H18N2O/c15-13-6-1-4-12(10-13)5-2-8-16-11-14-7-3-9-17-14/h1,3-4,6-7,9-10,16H,2,5,8,11,15H2. The molecule has 0 unspecified atom stereocenters. The third-order valence-electron chi connectivity index (χ3n) is 2.65. The van der Waals surface area contributed by atoms with Gasteiger partial charge in [-0.1, -0.05) is 12.1 Å². The van der Waals surface area contributed by atoms with Crippen molar-refractivity contribution in [3.63, 3.8) is 0 Å². The molecule has 1 aromatic heterocycles. The highest BCUT2D eigenvalue weighted by Gasteiger charge is 1.96. The van der Waals surface area contributed by atoms with Crippen molar-refractivity contribution in [1.82, 2.24) is 5.32 Å². The Morgan fingerprint density at radius 1 is 1.18 bits per heavy atom. The van der Waals surface area contributed by atoms with E-state index in [1.807, 2.05) is 30.3 Å². The zero-order chi connectivity index (χ0) is 11.9. The van der Waals surface area contributed by atoms with E-state index in [0.29, 0.717) is 0 Å². The van der Waals surface area contributed by atoms with Crippen LogP contribution >= 0.6 is 0 Å². The molecule has 0 aliphatic carbocycles. The normalized spacial score (nSPS) is 10.6. The van der Waals surface area contributed by atoms with E-state index < -0.39 is 0 Å². The number of nitrogens with one attached hydrogen (secondary N) is 1. The summed E-state index contributed by atoms with van der Waals surface area (Å²) in [6, 6.07) is 11.9.